The van der Waals surface area contributed by atoms with E-state index in [0.29, 0.717) is 45.0 Å². The second-order valence-electron chi connectivity index (χ2n) is 7.09. The van der Waals surface area contributed by atoms with Crippen molar-refractivity contribution < 1.29 is 9.53 Å². The van der Waals surface area contributed by atoms with Crippen molar-refractivity contribution in [2.24, 2.45) is 7.05 Å². The largest absolute Gasteiger partial charge is 0.363 e. The van der Waals surface area contributed by atoms with E-state index in [4.69, 9.17) is 4.74 Å². The van der Waals surface area contributed by atoms with Crippen LogP contribution in [-0.4, -0.2) is 53.4 Å². The molecule has 2 aliphatic rings. The molecule has 2 aromatic rings. The Bertz CT molecular complexity index is 881. The molecule has 1 fully saturated rings. The number of fused-ring (bicyclic) bond motifs is 1. The summed E-state index contributed by atoms with van der Waals surface area (Å²) in [7, 11) is 1.64. The van der Waals surface area contributed by atoms with Gasteiger partial charge in [-0.05, 0) is 6.42 Å². The highest BCUT2D eigenvalue weighted by atomic mass is 16.5. The van der Waals surface area contributed by atoms with Gasteiger partial charge in [0.15, 0.2) is 5.82 Å². The minimum Gasteiger partial charge on any atom is -0.363 e. The Kier molecular flexibility index (Phi) is 4.18. The van der Waals surface area contributed by atoms with Crippen LogP contribution in [0.4, 0.5) is 0 Å². The maximum absolute atomic E-state index is 12.6. The van der Waals surface area contributed by atoms with E-state index in [0.717, 1.165) is 18.7 Å². The highest BCUT2D eigenvalue weighted by Gasteiger charge is 2.44. The number of hydrogen-bond donors (Lipinski definition) is 0. The standard InChI is InChI=1S/C17H24N6O3/c1-3-13-18-6-9-21(13)7-4-15(24)22-8-5-17(11-22)12-23-14(10-26-17)19-20(2)16(23)25/h6,9H,3-5,7-8,10-12H2,1-2H3. The van der Waals surface area contributed by atoms with Crippen molar-refractivity contribution >= 4 is 5.91 Å². The lowest BCUT2D eigenvalue weighted by Crippen LogP contribution is -2.47. The summed E-state index contributed by atoms with van der Waals surface area (Å²) in [5.74, 6) is 1.76. The van der Waals surface area contributed by atoms with Gasteiger partial charge in [-0.25, -0.2) is 14.5 Å². The number of carbonyl (C=O) groups is 1. The monoisotopic (exact) mass is 360 g/mol. The SMILES string of the molecule is CCc1nccn1CCC(=O)N1CCC2(C1)Cn1c(nn(C)c1=O)CO2. The zero-order valence-corrected chi connectivity index (χ0v) is 15.2. The van der Waals surface area contributed by atoms with Crippen LogP contribution in [0.25, 0.3) is 0 Å². The van der Waals surface area contributed by atoms with E-state index in [1.807, 2.05) is 15.7 Å². The summed E-state index contributed by atoms with van der Waals surface area (Å²) in [5.41, 5.74) is -0.598. The number of ether oxygens (including phenoxy) is 1. The van der Waals surface area contributed by atoms with Gasteiger partial charge in [0.25, 0.3) is 0 Å². The van der Waals surface area contributed by atoms with Crippen molar-refractivity contribution in [2.45, 2.75) is 51.5 Å². The number of aromatic nitrogens is 5. The molecule has 4 heterocycles. The first-order chi connectivity index (χ1) is 12.5. The molecular weight excluding hydrogens is 336 g/mol. The topological polar surface area (TPSA) is 87.2 Å². The van der Waals surface area contributed by atoms with Crippen LogP contribution < -0.4 is 5.69 Å². The lowest BCUT2D eigenvalue weighted by atomic mass is 10.0. The van der Waals surface area contributed by atoms with E-state index in [9.17, 15) is 9.59 Å². The first kappa shape index (κ1) is 17.0. The van der Waals surface area contributed by atoms with Crippen molar-refractivity contribution in [3.8, 4) is 0 Å². The minimum absolute atomic E-state index is 0.116. The lowest BCUT2D eigenvalue weighted by molar-refractivity contribution is -0.133. The average molecular weight is 360 g/mol. The van der Waals surface area contributed by atoms with Crippen molar-refractivity contribution in [2.75, 3.05) is 13.1 Å². The first-order valence-electron chi connectivity index (χ1n) is 9.06. The van der Waals surface area contributed by atoms with Crippen LogP contribution in [0.3, 0.4) is 0 Å². The van der Waals surface area contributed by atoms with Crippen molar-refractivity contribution in [3.63, 3.8) is 0 Å². The van der Waals surface area contributed by atoms with Crippen molar-refractivity contribution in [1.29, 1.82) is 0 Å². The summed E-state index contributed by atoms with van der Waals surface area (Å²) in [4.78, 5) is 31.0. The van der Waals surface area contributed by atoms with E-state index in [1.165, 1.54) is 4.68 Å². The number of nitrogens with zero attached hydrogens (tertiary/aromatic N) is 6. The Hall–Kier alpha value is -2.42. The summed E-state index contributed by atoms with van der Waals surface area (Å²) in [6, 6.07) is 0. The van der Waals surface area contributed by atoms with Gasteiger partial charge in [-0.2, -0.15) is 5.10 Å². The lowest BCUT2D eigenvalue weighted by Gasteiger charge is -2.33. The Morgan fingerprint density at radius 3 is 3.04 bits per heavy atom. The zero-order chi connectivity index (χ0) is 18.3. The van der Waals surface area contributed by atoms with Gasteiger partial charge in [0, 0.05) is 45.4 Å². The van der Waals surface area contributed by atoms with Gasteiger partial charge in [0.2, 0.25) is 5.91 Å². The van der Waals surface area contributed by atoms with E-state index in [2.05, 4.69) is 17.0 Å². The number of hydrogen-bond acceptors (Lipinski definition) is 5. The molecule has 9 nitrogen and oxygen atoms in total. The van der Waals surface area contributed by atoms with Crippen LogP contribution in [0.15, 0.2) is 17.2 Å². The molecule has 9 heteroatoms. The van der Waals surface area contributed by atoms with Gasteiger partial charge < -0.3 is 14.2 Å². The maximum atomic E-state index is 12.6. The van der Waals surface area contributed by atoms with Gasteiger partial charge in [0.1, 0.15) is 18.0 Å². The Morgan fingerprint density at radius 1 is 1.38 bits per heavy atom. The number of rotatable bonds is 4. The van der Waals surface area contributed by atoms with Gasteiger partial charge >= 0.3 is 5.69 Å². The molecule has 0 radical (unpaired) electrons. The number of imidazole rings is 1. The molecule has 4 rings (SSSR count). The van der Waals surface area contributed by atoms with Crippen molar-refractivity contribution in [3.05, 3.63) is 34.5 Å². The number of aryl methyl sites for hydroxylation is 3. The molecule has 26 heavy (non-hydrogen) atoms. The molecule has 0 saturated carbocycles. The van der Waals surface area contributed by atoms with Crippen molar-refractivity contribution in [1.82, 2.24) is 28.8 Å². The molecule has 1 saturated heterocycles. The smallest absolute Gasteiger partial charge is 0.345 e. The van der Waals surface area contributed by atoms with Gasteiger partial charge in [-0.3, -0.25) is 9.36 Å². The molecule has 1 atom stereocenters. The molecule has 0 aliphatic carbocycles. The Morgan fingerprint density at radius 2 is 2.23 bits per heavy atom. The molecule has 2 aromatic heterocycles. The van der Waals surface area contributed by atoms with Gasteiger partial charge in [0.05, 0.1) is 13.1 Å². The molecule has 0 aromatic carbocycles. The predicted molar refractivity (Wildman–Crippen MR) is 92.4 cm³/mol. The molecule has 0 N–H and O–H groups in total. The molecule has 0 bridgehead atoms. The minimum atomic E-state index is -0.473. The predicted octanol–water partition coefficient (Wildman–Crippen LogP) is -0.0677. The van der Waals surface area contributed by atoms with Crippen LogP contribution in [0.2, 0.25) is 0 Å². The molecule has 2 aliphatic heterocycles. The van der Waals surface area contributed by atoms with E-state index in [1.54, 1.807) is 17.8 Å². The molecule has 1 amide bonds. The summed E-state index contributed by atoms with van der Waals surface area (Å²) in [6.45, 7) is 4.65. The fraction of sp³-hybridized carbons (Fsp3) is 0.647. The summed E-state index contributed by atoms with van der Waals surface area (Å²) in [5, 5.41) is 4.19. The average Bonchev–Trinajstić information content (AvgIpc) is 3.33. The second kappa shape index (κ2) is 6.39. The quantitative estimate of drug-likeness (QED) is 0.762. The fourth-order valence-electron chi connectivity index (χ4n) is 3.91. The highest BCUT2D eigenvalue weighted by Crippen LogP contribution is 2.31. The molecule has 1 unspecified atom stereocenters. The third kappa shape index (κ3) is 2.86. The number of carbonyl (C=O) groups excluding carboxylic acids is 1. The second-order valence-corrected chi connectivity index (χ2v) is 7.09. The highest BCUT2D eigenvalue weighted by molar-refractivity contribution is 5.76. The third-order valence-electron chi connectivity index (χ3n) is 5.39. The Balaban J connectivity index is 1.40. The van der Waals surface area contributed by atoms with E-state index >= 15 is 0 Å². The van der Waals surface area contributed by atoms with Crippen LogP contribution in [-0.2, 0) is 42.7 Å². The Labute approximate surface area is 151 Å². The van der Waals surface area contributed by atoms with Crippen LogP contribution in [0.5, 0.6) is 0 Å². The number of likely N-dealkylation sites (tertiary alicyclic amines) is 1. The maximum Gasteiger partial charge on any atom is 0.345 e. The van der Waals surface area contributed by atoms with E-state index < -0.39 is 5.60 Å². The molecule has 1 spiro atoms. The van der Waals surface area contributed by atoms with Crippen LogP contribution in [0, 0.1) is 0 Å². The number of amides is 1. The fourth-order valence-corrected chi connectivity index (χ4v) is 3.91. The normalized spacial score (nSPS) is 22.2. The first-order valence-corrected chi connectivity index (χ1v) is 9.06. The molecular formula is C17H24N6O3. The summed E-state index contributed by atoms with van der Waals surface area (Å²) >= 11 is 0. The molecule has 140 valence electrons. The van der Waals surface area contributed by atoms with E-state index in [-0.39, 0.29) is 11.6 Å². The third-order valence-corrected chi connectivity index (χ3v) is 5.39. The van der Waals surface area contributed by atoms with Crippen LogP contribution in [0.1, 0.15) is 31.4 Å². The zero-order valence-electron chi connectivity index (χ0n) is 15.2. The van der Waals surface area contributed by atoms with Gasteiger partial charge in [-0.15, -0.1) is 0 Å². The summed E-state index contributed by atoms with van der Waals surface area (Å²) < 4.78 is 11.1. The van der Waals surface area contributed by atoms with Gasteiger partial charge in [-0.1, -0.05) is 6.92 Å². The summed E-state index contributed by atoms with van der Waals surface area (Å²) in [6.07, 6.45) is 5.72. The van der Waals surface area contributed by atoms with Crippen LogP contribution >= 0.6 is 0 Å².